The molecule has 116 valence electrons. The second kappa shape index (κ2) is 6.30. The number of nitrogens with one attached hydrogen (secondary N) is 1. The van der Waals surface area contributed by atoms with Gasteiger partial charge in [-0.25, -0.2) is 0 Å². The van der Waals surface area contributed by atoms with E-state index in [2.05, 4.69) is 44.5 Å². The van der Waals surface area contributed by atoms with Gasteiger partial charge in [-0.3, -0.25) is 4.79 Å². The molecule has 1 aliphatic carbocycles. The van der Waals surface area contributed by atoms with Gasteiger partial charge in [0.25, 0.3) is 0 Å². The molecule has 0 spiro atoms. The van der Waals surface area contributed by atoms with Crippen LogP contribution in [0.5, 0.6) is 5.75 Å². The standard InChI is InChI=1S/C17H25NO2S/c1-11-9-17(2,3)13-8-16(21-5)15(20-4)7-12(13)6-14(11)18-10-19/h7-8,10-11,14H,6,9H2,1-5H3,(H,18,19). The monoisotopic (exact) mass is 307 g/mol. The second-order valence-electron chi connectivity index (χ2n) is 6.52. The van der Waals surface area contributed by atoms with Gasteiger partial charge in [-0.05, 0) is 53.7 Å². The molecule has 3 nitrogen and oxygen atoms in total. The van der Waals surface area contributed by atoms with Crippen LogP contribution >= 0.6 is 11.8 Å². The number of thioether (sulfide) groups is 1. The summed E-state index contributed by atoms with van der Waals surface area (Å²) in [6.45, 7) is 6.81. The van der Waals surface area contributed by atoms with Crippen molar-refractivity contribution in [1.29, 1.82) is 0 Å². The first-order valence-corrected chi connectivity index (χ1v) is 8.60. The van der Waals surface area contributed by atoms with Crippen LogP contribution < -0.4 is 10.1 Å². The fraction of sp³-hybridized carbons (Fsp3) is 0.588. The minimum Gasteiger partial charge on any atom is -0.496 e. The van der Waals surface area contributed by atoms with Crippen LogP contribution in [0.15, 0.2) is 17.0 Å². The van der Waals surface area contributed by atoms with Gasteiger partial charge >= 0.3 is 0 Å². The first-order valence-electron chi connectivity index (χ1n) is 7.38. The maximum atomic E-state index is 10.9. The Morgan fingerprint density at radius 3 is 2.71 bits per heavy atom. The maximum Gasteiger partial charge on any atom is 0.207 e. The Kier molecular flexibility index (Phi) is 4.87. The molecule has 2 atom stereocenters. The van der Waals surface area contributed by atoms with E-state index in [0.717, 1.165) is 25.0 Å². The van der Waals surface area contributed by atoms with E-state index in [9.17, 15) is 4.79 Å². The number of benzene rings is 1. The predicted molar refractivity (Wildman–Crippen MR) is 88.3 cm³/mol. The Hall–Kier alpha value is -1.16. The molecular formula is C17H25NO2S. The Morgan fingerprint density at radius 1 is 1.43 bits per heavy atom. The van der Waals surface area contributed by atoms with Gasteiger partial charge in [0, 0.05) is 10.9 Å². The fourth-order valence-electron chi connectivity index (χ4n) is 3.53. The van der Waals surface area contributed by atoms with Crippen molar-refractivity contribution in [2.24, 2.45) is 5.92 Å². The van der Waals surface area contributed by atoms with Gasteiger partial charge < -0.3 is 10.1 Å². The minimum atomic E-state index is 0.102. The Bertz CT molecular complexity index is 528. The molecule has 0 radical (unpaired) electrons. The van der Waals surface area contributed by atoms with Gasteiger partial charge in [-0.15, -0.1) is 11.8 Å². The smallest absolute Gasteiger partial charge is 0.207 e. The number of methoxy groups -OCH3 is 1. The van der Waals surface area contributed by atoms with Gasteiger partial charge in [0.15, 0.2) is 0 Å². The Labute approximate surface area is 131 Å². The molecule has 0 fully saturated rings. The fourth-order valence-corrected chi connectivity index (χ4v) is 4.10. The zero-order chi connectivity index (χ0) is 15.6. The number of hydrogen-bond donors (Lipinski definition) is 1. The van der Waals surface area contributed by atoms with Gasteiger partial charge in [0.05, 0.1) is 7.11 Å². The molecule has 1 N–H and O–H groups in total. The zero-order valence-corrected chi connectivity index (χ0v) is 14.3. The lowest BCUT2D eigenvalue weighted by molar-refractivity contribution is -0.110. The number of amides is 1. The summed E-state index contributed by atoms with van der Waals surface area (Å²) in [5, 5.41) is 2.99. The van der Waals surface area contributed by atoms with Crippen molar-refractivity contribution in [1.82, 2.24) is 5.32 Å². The molecular weight excluding hydrogens is 282 g/mol. The topological polar surface area (TPSA) is 38.3 Å². The summed E-state index contributed by atoms with van der Waals surface area (Å²) in [7, 11) is 1.72. The lowest BCUT2D eigenvalue weighted by Crippen LogP contribution is -2.36. The molecule has 21 heavy (non-hydrogen) atoms. The minimum absolute atomic E-state index is 0.102. The lowest BCUT2D eigenvalue weighted by Gasteiger charge is -2.29. The van der Waals surface area contributed by atoms with Crippen LogP contribution in [0.25, 0.3) is 0 Å². The van der Waals surface area contributed by atoms with E-state index in [1.807, 2.05) is 0 Å². The molecule has 2 rings (SSSR count). The normalized spacial score (nSPS) is 23.9. The van der Waals surface area contributed by atoms with Crippen LogP contribution in [-0.2, 0) is 16.6 Å². The molecule has 0 heterocycles. The number of carbonyl (C=O) groups is 1. The van der Waals surface area contributed by atoms with E-state index >= 15 is 0 Å². The van der Waals surface area contributed by atoms with Gasteiger partial charge in [0.1, 0.15) is 5.75 Å². The predicted octanol–water partition coefficient (Wildman–Crippen LogP) is 3.39. The second-order valence-corrected chi connectivity index (χ2v) is 7.37. The van der Waals surface area contributed by atoms with Gasteiger partial charge in [-0.1, -0.05) is 20.8 Å². The first-order chi connectivity index (χ1) is 9.92. The molecule has 0 bridgehead atoms. The highest BCUT2D eigenvalue weighted by molar-refractivity contribution is 7.98. The van der Waals surface area contributed by atoms with Crippen LogP contribution in [0.1, 0.15) is 38.3 Å². The van der Waals surface area contributed by atoms with Crippen molar-refractivity contribution in [3.05, 3.63) is 23.3 Å². The van der Waals surface area contributed by atoms with Crippen molar-refractivity contribution < 1.29 is 9.53 Å². The Balaban J connectivity index is 2.54. The first kappa shape index (κ1) is 16.2. The third-order valence-corrected chi connectivity index (χ3v) is 5.34. The van der Waals surface area contributed by atoms with Crippen LogP contribution in [0, 0.1) is 5.92 Å². The summed E-state index contributed by atoms with van der Waals surface area (Å²) >= 11 is 1.72. The summed E-state index contributed by atoms with van der Waals surface area (Å²) in [6, 6.07) is 4.61. The molecule has 0 saturated heterocycles. The highest BCUT2D eigenvalue weighted by Gasteiger charge is 2.34. The van der Waals surface area contributed by atoms with Gasteiger partial charge in [-0.2, -0.15) is 0 Å². The van der Waals surface area contributed by atoms with Crippen molar-refractivity contribution in [3.63, 3.8) is 0 Å². The molecule has 4 heteroatoms. The molecule has 0 saturated carbocycles. The summed E-state index contributed by atoms with van der Waals surface area (Å²) in [4.78, 5) is 12.1. The molecule has 0 aromatic heterocycles. The van der Waals surface area contributed by atoms with E-state index in [-0.39, 0.29) is 11.5 Å². The number of ether oxygens (including phenoxy) is 1. The quantitative estimate of drug-likeness (QED) is 0.526. The largest absolute Gasteiger partial charge is 0.496 e. The van der Waals surface area contributed by atoms with Crippen LogP contribution in [0.3, 0.4) is 0 Å². The number of carbonyl (C=O) groups excluding carboxylic acids is 1. The highest BCUT2D eigenvalue weighted by atomic mass is 32.2. The lowest BCUT2D eigenvalue weighted by atomic mass is 9.77. The average molecular weight is 307 g/mol. The number of rotatable bonds is 4. The maximum absolute atomic E-state index is 10.9. The molecule has 1 aromatic carbocycles. The zero-order valence-electron chi connectivity index (χ0n) is 13.5. The van der Waals surface area contributed by atoms with E-state index < -0.39 is 0 Å². The SMILES string of the molecule is COc1cc2c(cc1SC)C(C)(C)CC(C)C(NC=O)C2. The molecule has 2 unspecified atom stereocenters. The summed E-state index contributed by atoms with van der Waals surface area (Å²) in [5.74, 6) is 1.37. The van der Waals surface area contributed by atoms with E-state index in [4.69, 9.17) is 4.74 Å². The molecule has 1 aliphatic rings. The Morgan fingerprint density at radius 2 is 2.14 bits per heavy atom. The van der Waals surface area contributed by atoms with Crippen molar-refractivity contribution in [2.45, 2.75) is 50.0 Å². The van der Waals surface area contributed by atoms with Crippen LogP contribution in [0.4, 0.5) is 0 Å². The molecule has 1 aromatic rings. The average Bonchev–Trinajstić information content (AvgIpc) is 2.53. The number of hydrogen-bond acceptors (Lipinski definition) is 3. The van der Waals surface area contributed by atoms with E-state index in [1.54, 1.807) is 18.9 Å². The summed E-state index contributed by atoms with van der Waals surface area (Å²) in [6.07, 6.45) is 4.83. The van der Waals surface area contributed by atoms with Crippen molar-refractivity contribution in [2.75, 3.05) is 13.4 Å². The van der Waals surface area contributed by atoms with Crippen LogP contribution in [0.2, 0.25) is 0 Å². The molecule has 1 amide bonds. The highest BCUT2D eigenvalue weighted by Crippen LogP contribution is 2.42. The van der Waals surface area contributed by atoms with E-state index in [0.29, 0.717) is 5.92 Å². The van der Waals surface area contributed by atoms with E-state index in [1.165, 1.54) is 16.0 Å². The van der Waals surface area contributed by atoms with Crippen LogP contribution in [-0.4, -0.2) is 25.8 Å². The third-order valence-electron chi connectivity index (χ3n) is 4.58. The van der Waals surface area contributed by atoms with Crippen molar-refractivity contribution >= 4 is 18.2 Å². The number of fused-ring (bicyclic) bond motifs is 1. The molecule has 0 aliphatic heterocycles. The summed E-state index contributed by atoms with van der Waals surface area (Å²) < 4.78 is 5.52. The van der Waals surface area contributed by atoms with Crippen molar-refractivity contribution in [3.8, 4) is 5.75 Å². The summed E-state index contributed by atoms with van der Waals surface area (Å²) in [5.41, 5.74) is 2.78. The van der Waals surface area contributed by atoms with Gasteiger partial charge in [0.2, 0.25) is 6.41 Å². The third kappa shape index (κ3) is 3.20.